The lowest BCUT2D eigenvalue weighted by atomic mass is 9.78. The van der Waals surface area contributed by atoms with Gasteiger partial charge >= 0.3 is 6.09 Å². The summed E-state index contributed by atoms with van der Waals surface area (Å²) >= 11 is 0. The number of benzene rings is 2. The summed E-state index contributed by atoms with van der Waals surface area (Å²) in [4.78, 5) is 15.3. The molecule has 6 nitrogen and oxygen atoms in total. The van der Waals surface area contributed by atoms with Crippen LogP contribution in [-0.2, 0) is 4.74 Å². The summed E-state index contributed by atoms with van der Waals surface area (Å²) in [6.45, 7) is 9.87. The van der Waals surface area contributed by atoms with Crippen molar-refractivity contribution in [1.29, 1.82) is 0 Å². The van der Waals surface area contributed by atoms with E-state index in [9.17, 15) is 9.18 Å². The van der Waals surface area contributed by atoms with Gasteiger partial charge in [0.25, 0.3) is 0 Å². The van der Waals surface area contributed by atoms with Crippen molar-refractivity contribution in [1.82, 2.24) is 10.2 Å². The highest BCUT2D eigenvalue weighted by Gasteiger charge is 2.41. The highest BCUT2D eigenvalue weighted by Crippen LogP contribution is 2.44. The third kappa shape index (κ3) is 4.45. The monoisotopic (exact) mass is 468 g/mol. The van der Waals surface area contributed by atoms with Crippen LogP contribution in [0.2, 0.25) is 0 Å². The SMILES string of the molecule is CCOc1ccc(-c2ccc3c(c2)OCC(C)(C)C3NC(=O)O[C@@H]2CN3CCC2CC3)cc1F. The fourth-order valence-electron chi connectivity index (χ4n) is 5.41. The van der Waals surface area contributed by atoms with E-state index >= 15 is 0 Å². The summed E-state index contributed by atoms with van der Waals surface area (Å²) < 4.78 is 31.7. The van der Waals surface area contributed by atoms with Gasteiger partial charge in [0.15, 0.2) is 11.6 Å². The minimum atomic E-state index is -0.394. The Morgan fingerprint density at radius 1 is 1.18 bits per heavy atom. The summed E-state index contributed by atoms with van der Waals surface area (Å²) in [5, 5.41) is 3.13. The van der Waals surface area contributed by atoms with Gasteiger partial charge in [0, 0.05) is 17.5 Å². The average molecular weight is 469 g/mol. The van der Waals surface area contributed by atoms with Crippen LogP contribution in [0.25, 0.3) is 11.1 Å². The lowest BCUT2D eigenvalue weighted by molar-refractivity contribution is -0.0361. The van der Waals surface area contributed by atoms with E-state index in [1.54, 1.807) is 6.07 Å². The number of alkyl carbamates (subject to hydrolysis) is 1. The second kappa shape index (κ2) is 9.10. The number of nitrogens with one attached hydrogen (secondary N) is 1. The van der Waals surface area contributed by atoms with Crippen molar-refractivity contribution in [3.05, 3.63) is 47.8 Å². The highest BCUT2D eigenvalue weighted by molar-refractivity contribution is 5.70. The molecule has 0 aromatic heterocycles. The summed E-state index contributed by atoms with van der Waals surface area (Å²) in [5.74, 6) is 1.00. The van der Waals surface area contributed by atoms with Crippen molar-refractivity contribution < 1.29 is 23.4 Å². The van der Waals surface area contributed by atoms with Gasteiger partial charge in [0.1, 0.15) is 11.9 Å². The maximum atomic E-state index is 14.4. The summed E-state index contributed by atoms with van der Waals surface area (Å²) in [6, 6.07) is 10.5. The molecule has 4 aliphatic rings. The number of nitrogens with zero attached hydrogens (tertiary/aromatic N) is 1. The first kappa shape index (κ1) is 23.0. The second-order valence-electron chi connectivity index (χ2n) is 10.3. The van der Waals surface area contributed by atoms with Crippen LogP contribution in [0.3, 0.4) is 0 Å². The van der Waals surface area contributed by atoms with Crippen LogP contribution in [0, 0.1) is 17.2 Å². The molecule has 4 aliphatic heterocycles. The zero-order chi connectivity index (χ0) is 23.9. The molecular formula is C27H33FN2O4. The Balaban J connectivity index is 1.34. The van der Waals surface area contributed by atoms with Crippen LogP contribution in [0.15, 0.2) is 36.4 Å². The molecule has 34 heavy (non-hydrogen) atoms. The van der Waals surface area contributed by atoms with Crippen LogP contribution in [0.1, 0.15) is 45.2 Å². The van der Waals surface area contributed by atoms with Crippen molar-refractivity contribution >= 4 is 6.09 Å². The smallest absolute Gasteiger partial charge is 0.407 e. The van der Waals surface area contributed by atoms with Crippen molar-refractivity contribution in [3.63, 3.8) is 0 Å². The number of hydrogen-bond acceptors (Lipinski definition) is 5. The van der Waals surface area contributed by atoms with E-state index in [0.29, 0.717) is 24.9 Å². The predicted octanol–water partition coefficient (Wildman–Crippen LogP) is 5.17. The lowest BCUT2D eigenvalue weighted by Crippen LogP contribution is -2.53. The number of piperidine rings is 3. The first-order valence-corrected chi connectivity index (χ1v) is 12.2. The molecule has 2 aromatic rings. The molecule has 0 saturated carbocycles. The molecular weight excluding hydrogens is 435 g/mol. The first-order chi connectivity index (χ1) is 16.3. The van der Waals surface area contributed by atoms with Crippen LogP contribution < -0.4 is 14.8 Å². The fraction of sp³-hybridized carbons (Fsp3) is 0.519. The fourth-order valence-corrected chi connectivity index (χ4v) is 5.41. The average Bonchev–Trinajstić information content (AvgIpc) is 2.83. The van der Waals surface area contributed by atoms with Gasteiger partial charge in [-0.15, -0.1) is 0 Å². The number of carbonyl (C=O) groups excluding carboxylic acids is 1. The molecule has 4 heterocycles. The number of halogens is 1. The Kier molecular flexibility index (Phi) is 6.15. The lowest BCUT2D eigenvalue weighted by Gasteiger charge is -2.44. The Morgan fingerprint density at radius 2 is 1.91 bits per heavy atom. The van der Waals surface area contributed by atoms with Gasteiger partial charge in [0.2, 0.25) is 0 Å². The molecule has 1 unspecified atom stereocenters. The Labute approximate surface area is 200 Å². The number of amides is 1. The minimum absolute atomic E-state index is 0.0399. The topological polar surface area (TPSA) is 60.0 Å². The number of ether oxygens (including phenoxy) is 3. The molecule has 0 spiro atoms. The zero-order valence-electron chi connectivity index (χ0n) is 20.1. The van der Waals surface area contributed by atoms with E-state index in [0.717, 1.165) is 49.2 Å². The Morgan fingerprint density at radius 3 is 2.59 bits per heavy atom. The normalized spacial score (nSPS) is 26.8. The summed E-state index contributed by atoms with van der Waals surface area (Å²) in [7, 11) is 0. The number of carbonyl (C=O) groups is 1. The molecule has 2 bridgehead atoms. The van der Waals surface area contributed by atoms with E-state index in [4.69, 9.17) is 14.2 Å². The van der Waals surface area contributed by atoms with Crippen LogP contribution in [-0.4, -0.2) is 49.9 Å². The van der Waals surface area contributed by atoms with E-state index < -0.39 is 5.82 Å². The number of rotatable bonds is 5. The first-order valence-electron chi connectivity index (χ1n) is 12.2. The molecule has 6 rings (SSSR count). The maximum absolute atomic E-state index is 14.4. The standard InChI is InChI=1S/C27H33FN2O4/c1-4-32-22-8-6-18(13-21(22)28)19-5-7-20-23(14-19)33-16-27(2,3)25(20)29-26(31)34-24-15-30-11-9-17(24)10-12-30/h5-8,13-14,17,24-25H,4,9-12,15-16H2,1-3H3,(H,29,31)/t24-,25?/m1/s1. The van der Waals surface area contributed by atoms with Gasteiger partial charge in [0.05, 0.1) is 19.3 Å². The van der Waals surface area contributed by atoms with E-state index in [1.807, 2.05) is 31.2 Å². The van der Waals surface area contributed by atoms with Gasteiger partial charge in [-0.1, -0.05) is 32.0 Å². The molecule has 2 aromatic carbocycles. The third-order valence-corrected chi connectivity index (χ3v) is 7.39. The third-order valence-electron chi connectivity index (χ3n) is 7.39. The molecule has 0 aliphatic carbocycles. The molecule has 1 N–H and O–H groups in total. The minimum Gasteiger partial charge on any atom is -0.493 e. The van der Waals surface area contributed by atoms with Gasteiger partial charge < -0.3 is 19.5 Å². The number of hydrogen-bond donors (Lipinski definition) is 1. The Bertz CT molecular complexity index is 1060. The van der Waals surface area contributed by atoms with Crippen molar-refractivity contribution in [3.8, 4) is 22.6 Å². The van der Waals surface area contributed by atoms with Crippen LogP contribution in [0.4, 0.5) is 9.18 Å². The van der Waals surface area contributed by atoms with Gasteiger partial charge in [-0.3, -0.25) is 4.90 Å². The number of fused-ring (bicyclic) bond motifs is 4. The predicted molar refractivity (Wildman–Crippen MR) is 128 cm³/mol. The zero-order valence-corrected chi connectivity index (χ0v) is 20.1. The molecule has 1 amide bonds. The molecule has 3 fully saturated rings. The quantitative estimate of drug-likeness (QED) is 0.656. The maximum Gasteiger partial charge on any atom is 0.407 e. The molecule has 7 heteroatoms. The molecule has 2 atom stereocenters. The molecule has 0 radical (unpaired) electrons. The van der Waals surface area contributed by atoms with Crippen LogP contribution in [0.5, 0.6) is 11.5 Å². The van der Waals surface area contributed by atoms with Crippen molar-refractivity contribution in [2.45, 2.75) is 45.8 Å². The summed E-state index contributed by atoms with van der Waals surface area (Å²) in [6.07, 6.45) is 1.78. The summed E-state index contributed by atoms with van der Waals surface area (Å²) in [5.41, 5.74) is 2.17. The van der Waals surface area contributed by atoms with Crippen LogP contribution >= 0.6 is 0 Å². The highest BCUT2D eigenvalue weighted by atomic mass is 19.1. The van der Waals surface area contributed by atoms with Gasteiger partial charge in [-0.05, 0) is 68.1 Å². The van der Waals surface area contributed by atoms with Crippen molar-refractivity contribution in [2.75, 3.05) is 32.8 Å². The molecule has 182 valence electrons. The van der Waals surface area contributed by atoms with E-state index in [-0.39, 0.29) is 29.4 Å². The molecule has 3 saturated heterocycles. The van der Waals surface area contributed by atoms with E-state index in [2.05, 4.69) is 24.1 Å². The van der Waals surface area contributed by atoms with Gasteiger partial charge in [-0.2, -0.15) is 0 Å². The Hall–Kier alpha value is -2.80. The van der Waals surface area contributed by atoms with Gasteiger partial charge in [-0.25, -0.2) is 9.18 Å². The second-order valence-corrected chi connectivity index (χ2v) is 10.3. The largest absolute Gasteiger partial charge is 0.493 e. The van der Waals surface area contributed by atoms with Crippen molar-refractivity contribution in [2.24, 2.45) is 11.3 Å². The van der Waals surface area contributed by atoms with E-state index in [1.165, 1.54) is 6.07 Å².